The van der Waals surface area contributed by atoms with E-state index in [1.807, 2.05) is 52.1 Å². The van der Waals surface area contributed by atoms with Crippen LogP contribution in [0.5, 0.6) is 0 Å². The number of carbonyl (C=O) groups excluding carboxylic acids is 1. The molecule has 0 saturated heterocycles. The predicted molar refractivity (Wildman–Crippen MR) is 119 cm³/mol. The lowest BCUT2D eigenvalue weighted by Gasteiger charge is -2.20. The molecular weight excluding hydrogens is 392 g/mol. The lowest BCUT2D eigenvalue weighted by Crippen LogP contribution is -2.27. The van der Waals surface area contributed by atoms with Gasteiger partial charge in [0, 0.05) is 47.6 Å². The van der Waals surface area contributed by atoms with Gasteiger partial charge in [-0.1, -0.05) is 6.07 Å². The number of nitrogens with one attached hydrogen (secondary N) is 1. The molecule has 1 saturated carbocycles. The third-order valence-corrected chi connectivity index (χ3v) is 5.17. The quantitative estimate of drug-likeness (QED) is 0.618. The molecular formula is C24H28N4O3. The van der Waals surface area contributed by atoms with E-state index in [9.17, 15) is 4.79 Å². The highest BCUT2D eigenvalue weighted by atomic mass is 16.6. The molecule has 1 aliphatic rings. The van der Waals surface area contributed by atoms with E-state index >= 15 is 0 Å². The number of hydrogen-bond acceptors (Lipinski definition) is 6. The monoisotopic (exact) mass is 420 g/mol. The van der Waals surface area contributed by atoms with Gasteiger partial charge in [-0.3, -0.25) is 10.3 Å². The van der Waals surface area contributed by atoms with Crippen LogP contribution in [0.25, 0.3) is 10.9 Å². The molecule has 7 nitrogen and oxygen atoms in total. The van der Waals surface area contributed by atoms with Gasteiger partial charge in [0.25, 0.3) is 0 Å². The topological polar surface area (TPSA) is 86.2 Å². The Morgan fingerprint density at radius 2 is 1.97 bits per heavy atom. The second kappa shape index (κ2) is 8.23. The van der Waals surface area contributed by atoms with E-state index in [-0.39, 0.29) is 0 Å². The zero-order valence-corrected chi connectivity index (χ0v) is 18.6. The summed E-state index contributed by atoms with van der Waals surface area (Å²) in [6, 6.07) is 9.84. The number of nitrogens with zero attached hydrogens (tertiary/aromatic N) is 3. The SMILES string of the molecule is COCc1cc(NC(=O)OC(C)(C)C)cc2nc([C@H]3C[C@@H]3c3nccc(C)n3)ccc12. The highest BCUT2D eigenvalue weighted by Gasteiger charge is 2.42. The van der Waals surface area contributed by atoms with E-state index in [1.165, 1.54) is 0 Å². The lowest BCUT2D eigenvalue weighted by atomic mass is 10.1. The molecule has 2 atom stereocenters. The summed E-state index contributed by atoms with van der Waals surface area (Å²) < 4.78 is 10.7. The summed E-state index contributed by atoms with van der Waals surface area (Å²) in [6.45, 7) is 7.90. The molecule has 0 bridgehead atoms. The van der Waals surface area contributed by atoms with Gasteiger partial charge >= 0.3 is 6.09 Å². The highest BCUT2D eigenvalue weighted by Crippen LogP contribution is 2.53. The number of anilines is 1. The molecule has 2 heterocycles. The van der Waals surface area contributed by atoms with Crippen molar-refractivity contribution in [3.63, 3.8) is 0 Å². The number of aryl methyl sites for hydroxylation is 1. The lowest BCUT2D eigenvalue weighted by molar-refractivity contribution is 0.0636. The first-order chi connectivity index (χ1) is 14.7. The number of benzene rings is 1. The number of carbonyl (C=O) groups is 1. The number of pyridine rings is 1. The molecule has 2 aromatic heterocycles. The summed E-state index contributed by atoms with van der Waals surface area (Å²) in [7, 11) is 1.65. The largest absolute Gasteiger partial charge is 0.444 e. The molecule has 1 N–H and O–H groups in total. The smallest absolute Gasteiger partial charge is 0.412 e. The Morgan fingerprint density at radius 1 is 1.16 bits per heavy atom. The van der Waals surface area contributed by atoms with Crippen LogP contribution >= 0.6 is 0 Å². The fraction of sp³-hybridized carbons (Fsp3) is 0.417. The summed E-state index contributed by atoms with van der Waals surface area (Å²) in [5.74, 6) is 1.48. The molecule has 7 heteroatoms. The van der Waals surface area contributed by atoms with E-state index in [0.717, 1.165) is 40.1 Å². The maximum absolute atomic E-state index is 12.2. The van der Waals surface area contributed by atoms with Crippen LogP contribution in [0.3, 0.4) is 0 Å². The standard InChI is InChI=1S/C24H28N4O3/c1-14-8-9-25-22(26-14)19-12-18(19)20-7-6-17-15(13-30-5)10-16(11-21(17)28-20)27-23(29)31-24(2,3)4/h6-11,18-19H,12-13H2,1-5H3,(H,27,29)/t18-,19-/m0/s1. The van der Waals surface area contributed by atoms with Gasteiger partial charge in [0.2, 0.25) is 0 Å². The van der Waals surface area contributed by atoms with Crippen molar-refractivity contribution in [1.82, 2.24) is 15.0 Å². The van der Waals surface area contributed by atoms with Crippen LogP contribution < -0.4 is 5.32 Å². The molecule has 0 aliphatic heterocycles. The van der Waals surface area contributed by atoms with Crippen LogP contribution in [-0.2, 0) is 16.1 Å². The van der Waals surface area contributed by atoms with Gasteiger partial charge in [0.05, 0.1) is 12.1 Å². The maximum atomic E-state index is 12.2. The summed E-state index contributed by atoms with van der Waals surface area (Å²) >= 11 is 0. The van der Waals surface area contributed by atoms with Crippen LogP contribution in [-0.4, -0.2) is 33.8 Å². The van der Waals surface area contributed by atoms with Gasteiger partial charge in [0.1, 0.15) is 11.4 Å². The van der Waals surface area contributed by atoms with Crippen molar-refractivity contribution >= 4 is 22.7 Å². The summed E-state index contributed by atoms with van der Waals surface area (Å²) in [5.41, 5.74) is 3.83. The Kier molecular flexibility index (Phi) is 5.62. The van der Waals surface area contributed by atoms with Crippen molar-refractivity contribution in [1.29, 1.82) is 0 Å². The number of rotatable bonds is 5. The maximum Gasteiger partial charge on any atom is 0.412 e. The van der Waals surface area contributed by atoms with Crippen molar-refractivity contribution in [3.05, 3.63) is 59.3 Å². The van der Waals surface area contributed by atoms with Crippen LogP contribution in [0.4, 0.5) is 10.5 Å². The van der Waals surface area contributed by atoms with Gasteiger partial charge in [-0.15, -0.1) is 0 Å². The Morgan fingerprint density at radius 3 is 2.68 bits per heavy atom. The fourth-order valence-electron chi connectivity index (χ4n) is 3.76. The second-order valence-corrected chi connectivity index (χ2v) is 9.00. The number of aromatic nitrogens is 3. The summed E-state index contributed by atoms with van der Waals surface area (Å²) in [5, 5.41) is 3.82. The van der Waals surface area contributed by atoms with Gasteiger partial charge in [-0.05, 0) is 63.9 Å². The van der Waals surface area contributed by atoms with Crippen LogP contribution in [0.2, 0.25) is 0 Å². The molecule has 1 aromatic carbocycles. The van der Waals surface area contributed by atoms with E-state index in [2.05, 4.69) is 27.4 Å². The zero-order chi connectivity index (χ0) is 22.2. The van der Waals surface area contributed by atoms with Crippen molar-refractivity contribution in [2.45, 2.75) is 58.2 Å². The molecule has 31 heavy (non-hydrogen) atoms. The first kappa shape index (κ1) is 21.2. The Hall–Kier alpha value is -3.06. The van der Waals surface area contributed by atoms with Crippen molar-refractivity contribution in [2.24, 2.45) is 0 Å². The molecule has 162 valence electrons. The van der Waals surface area contributed by atoms with Gasteiger partial charge in [-0.25, -0.2) is 14.8 Å². The van der Waals surface area contributed by atoms with E-state index < -0.39 is 11.7 Å². The summed E-state index contributed by atoms with van der Waals surface area (Å²) in [4.78, 5) is 26.2. The third-order valence-electron chi connectivity index (χ3n) is 5.17. The third kappa shape index (κ3) is 4.99. The van der Waals surface area contributed by atoms with E-state index in [0.29, 0.717) is 24.1 Å². The first-order valence-corrected chi connectivity index (χ1v) is 10.5. The molecule has 3 aromatic rings. The summed E-state index contributed by atoms with van der Waals surface area (Å²) in [6.07, 6.45) is 2.31. The molecule has 1 aliphatic carbocycles. The molecule has 0 radical (unpaired) electrons. The zero-order valence-electron chi connectivity index (χ0n) is 18.6. The Balaban J connectivity index is 1.62. The fourth-order valence-corrected chi connectivity index (χ4v) is 3.76. The van der Waals surface area contributed by atoms with Crippen molar-refractivity contribution < 1.29 is 14.3 Å². The van der Waals surface area contributed by atoms with Crippen LogP contribution in [0.15, 0.2) is 36.5 Å². The minimum Gasteiger partial charge on any atom is -0.444 e. The highest BCUT2D eigenvalue weighted by molar-refractivity contribution is 5.91. The molecule has 0 unspecified atom stereocenters. The number of ether oxygens (including phenoxy) is 2. The Labute approximate surface area is 182 Å². The number of fused-ring (bicyclic) bond motifs is 1. The van der Waals surface area contributed by atoms with Crippen molar-refractivity contribution in [3.8, 4) is 0 Å². The number of amides is 1. The van der Waals surface area contributed by atoms with Crippen LogP contribution in [0.1, 0.15) is 61.8 Å². The number of hydrogen-bond donors (Lipinski definition) is 1. The van der Waals surface area contributed by atoms with Gasteiger partial charge < -0.3 is 9.47 Å². The van der Waals surface area contributed by atoms with E-state index in [4.69, 9.17) is 14.5 Å². The molecule has 0 spiro atoms. The molecule has 1 amide bonds. The van der Waals surface area contributed by atoms with Gasteiger partial charge in [-0.2, -0.15) is 0 Å². The normalized spacial score (nSPS) is 18.1. The average molecular weight is 421 g/mol. The van der Waals surface area contributed by atoms with Crippen LogP contribution in [0, 0.1) is 6.92 Å². The second-order valence-electron chi connectivity index (χ2n) is 9.00. The average Bonchev–Trinajstić information content (AvgIpc) is 3.47. The van der Waals surface area contributed by atoms with Crippen molar-refractivity contribution in [2.75, 3.05) is 12.4 Å². The Bertz CT molecular complexity index is 1120. The molecule has 1 fully saturated rings. The first-order valence-electron chi connectivity index (χ1n) is 10.5. The minimum atomic E-state index is -0.569. The van der Waals surface area contributed by atoms with E-state index in [1.54, 1.807) is 7.11 Å². The predicted octanol–water partition coefficient (Wildman–Crippen LogP) is 5.10. The minimum absolute atomic E-state index is 0.298. The number of methoxy groups -OCH3 is 1. The molecule has 4 rings (SSSR count). The van der Waals surface area contributed by atoms with Gasteiger partial charge in [0.15, 0.2) is 0 Å².